The molecule has 2 aliphatic rings. The van der Waals surface area contributed by atoms with Crippen molar-refractivity contribution in [2.75, 3.05) is 44.9 Å². The molecule has 0 bridgehead atoms. The molecular weight excluding hydrogens is 342 g/mol. The van der Waals surface area contributed by atoms with Crippen molar-refractivity contribution in [2.45, 2.75) is 38.1 Å². The molecule has 1 saturated carbocycles. The molecule has 1 aromatic heterocycles. The van der Waals surface area contributed by atoms with Crippen LogP contribution in [0.25, 0.3) is 10.9 Å². The molecule has 4 rings (SSSR count). The lowest BCUT2D eigenvalue weighted by molar-refractivity contribution is 0.278. The minimum Gasteiger partial charge on any atom is -0.493 e. The average Bonchev–Trinajstić information content (AvgIpc) is 3.33. The summed E-state index contributed by atoms with van der Waals surface area (Å²) in [7, 11) is 3.22. The van der Waals surface area contributed by atoms with Crippen molar-refractivity contribution in [3.8, 4) is 11.5 Å². The molecule has 1 atom stereocenters. The van der Waals surface area contributed by atoms with Gasteiger partial charge in [-0.3, -0.25) is 0 Å². The number of nitrogen functional groups attached to an aromatic ring is 1. The van der Waals surface area contributed by atoms with Crippen LogP contribution in [0.2, 0.25) is 0 Å². The minimum atomic E-state index is 0.364. The van der Waals surface area contributed by atoms with E-state index >= 15 is 0 Å². The molecule has 0 amide bonds. The van der Waals surface area contributed by atoms with Gasteiger partial charge in [-0.1, -0.05) is 12.8 Å². The summed E-state index contributed by atoms with van der Waals surface area (Å²) in [6.45, 7) is 3.42. The number of nitrogens with one attached hydrogen (secondary N) is 1. The predicted molar refractivity (Wildman–Crippen MR) is 107 cm³/mol. The Bertz CT molecular complexity index is 807. The second-order valence-electron chi connectivity index (χ2n) is 7.70. The van der Waals surface area contributed by atoms with Gasteiger partial charge < -0.3 is 25.4 Å². The molecule has 7 heteroatoms. The first-order chi connectivity index (χ1) is 13.2. The molecule has 1 saturated heterocycles. The molecule has 1 unspecified atom stereocenters. The number of hydrogen-bond donors (Lipinski definition) is 2. The zero-order valence-corrected chi connectivity index (χ0v) is 16.2. The van der Waals surface area contributed by atoms with Crippen LogP contribution in [0.5, 0.6) is 11.5 Å². The fraction of sp³-hybridized carbons (Fsp3) is 0.600. The topological polar surface area (TPSA) is 85.5 Å². The Morgan fingerprint density at radius 1 is 1.11 bits per heavy atom. The van der Waals surface area contributed by atoms with Gasteiger partial charge >= 0.3 is 0 Å². The van der Waals surface area contributed by atoms with E-state index in [4.69, 9.17) is 15.2 Å². The van der Waals surface area contributed by atoms with Crippen LogP contribution in [-0.2, 0) is 0 Å². The van der Waals surface area contributed by atoms with Gasteiger partial charge in [-0.05, 0) is 31.2 Å². The van der Waals surface area contributed by atoms with E-state index in [-0.39, 0.29) is 0 Å². The molecule has 1 aliphatic carbocycles. The van der Waals surface area contributed by atoms with Gasteiger partial charge in [0.1, 0.15) is 5.82 Å². The molecule has 3 N–H and O–H groups in total. The maximum atomic E-state index is 6.18. The van der Waals surface area contributed by atoms with Gasteiger partial charge in [-0.15, -0.1) is 0 Å². The first-order valence-corrected chi connectivity index (χ1v) is 9.84. The van der Waals surface area contributed by atoms with Crippen molar-refractivity contribution >= 4 is 22.7 Å². The van der Waals surface area contributed by atoms with Crippen molar-refractivity contribution in [2.24, 2.45) is 5.92 Å². The van der Waals surface area contributed by atoms with Gasteiger partial charge in [-0.25, -0.2) is 4.98 Å². The number of aromatic nitrogens is 2. The number of hydrogen-bond acceptors (Lipinski definition) is 7. The summed E-state index contributed by atoms with van der Waals surface area (Å²) >= 11 is 0. The molecular formula is C20H29N5O2. The van der Waals surface area contributed by atoms with E-state index in [1.54, 1.807) is 14.2 Å². The van der Waals surface area contributed by atoms with Gasteiger partial charge in [0.25, 0.3) is 0 Å². The number of ether oxygens (including phenoxy) is 2. The lowest BCUT2D eigenvalue weighted by Gasteiger charge is -2.20. The van der Waals surface area contributed by atoms with Crippen LogP contribution in [0, 0.1) is 5.92 Å². The summed E-state index contributed by atoms with van der Waals surface area (Å²) in [5.74, 6) is 3.18. The Kier molecular flexibility index (Phi) is 5.20. The molecule has 2 aromatic rings. The van der Waals surface area contributed by atoms with Gasteiger partial charge in [0.15, 0.2) is 11.5 Å². The lowest BCUT2D eigenvalue weighted by Crippen LogP contribution is -2.30. The Balaban J connectivity index is 1.47. The molecule has 0 spiro atoms. The molecule has 1 aliphatic heterocycles. The summed E-state index contributed by atoms with van der Waals surface area (Å²) in [4.78, 5) is 11.7. The van der Waals surface area contributed by atoms with Crippen molar-refractivity contribution in [1.82, 2.24) is 14.9 Å². The standard InChI is InChI=1S/C20H29N5O2/c1-26-17-9-15-16(10-18(17)27-2)23-20(24-19(15)21)22-14-7-8-25(12-14)11-13-5-3-4-6-13/h9-10,13-14H,3-8,11-12H2,1-2H3,(H3,21,22,23,24). The normalized spacial score (nSPS) is 21.0. The highest BCUT2D eigenvalue weighted by molar-refractivity contribution is 5.91. The minimum absolute atomic E-state index is 0.364. The van der Waals surface area contributed by atoms with E-state index in [1.807, 2.05) is 12.1 Å². The maximum absolute atomic E-state index is 6.18. The average molecular weight is 371 g/mol. The van der Waals surface area contributed by atoms with Crippen molar-refractivity contribution < 1.29 is 9.47 Å². The van der Waals surface area contributed by atoms with Crippen LogP contribution >= 0.6 is 0 Å². The molecule has 2 heterocycles. The molecule has 2 fully saturated rings. The summed E-state index contributed by atoms with van der Waals surface area (Å²) in [5, 5.41) is 4.25. The molecule has 146 valence electrons. The summed E-state index contributed by atoms with van der Waals surface area (Å²) in [5.41, 5.74) is 6.94. The van der Waals surface area contributed by atoms with E-state index < -0.39 is 0 Å². The fourth-order valence-electron chi connectivity index (χ4n) is 4.40. The van der Waals surface area contributed by atoms with Crippen LogP contribution < -0.4 is 20.5 Å². The zero-order valence-electron chi connectivity index (χ0n) is 16.2. The number of nitrogens with two attached hydrogens (primary N) is 1. The van der Waals surface area contributed by atoms with Crippen LogP contribution in [0.15, 0.2) is 12.1 Å². The monoisotopic (exact) mass is 371 g/mol. The Hall–Kier alpha value is -2.28. The maximum Gasteiger partial charge on any atom is 0.225 e. The van der Waals surface area contributed by atoms with Crippen molar-refractivity contribution in [3.05, 3.63) is 12.1 Å². The summed E-state index contributed by atoms with van der Waals surface area (Å²) < 4.78 is 10.7. The van der Waals surface area contributed by atoms with Crippen LogP contribution in [0.3, 0.4) is 0 Å². The second kappa shape index (κ2) is 7.76. The number of nitrogens with zero attached hydrogens (tertiary/aromatic N) is 3. The van der Waals surface area contributed by atoms with Gasteiger partial charge in [-0.2, -0.15) is 4.98 Å². The highest BCUT2D eigenvalue weighted by Crippen LogP contribution is 2.34. The number of likely N-dealkylation sites (tertiary alicyclic amines) is 1. The Labute approximate surface area is 160 Å². The third kappa shape index (κ3) is 3.88. The summed E-state index contributed by atoms with van der Waals surface area (Å²) in [6.07, 6.45) is 6.70. The van der Waals surface area contributed by atoms with Gasteiger partial charge in [0.2, 0.25) is 5.95 Å². The van der Waals surface area contributed by atoms with Gasteiger partial charge in [0, 0.05) is 37.1 Å². The number of fused-ring (bicyclic) bond motifs is 1. The van der Waals surface area contributed by atoms with Crippen LogP contribution in [-0.4, -0.2) is 54.8 Å². The van der Waals surface area contributed by atoms with E-state index in [0.717, 1.165) is 36.3 Å². The largest absolute Gasteiger partial charge is 0.493 e. The molecule has 27 heavy (non-hydrogen) atoms. The predicted octanol–water partition coefficient (Wildman–Crippen LogP) is 2.91. The lowest BCUT2D eigenvalue weighted by atomic mass is 10.1. The molecule has 1 aromatic carbocycles. The molecule has 7 nitrogen and oxygen atoms in total. The van der Waals surface area contributed by atoms with E-state index in [2.05, 4.69) is 20.2 Å². The van der Waals surface area contributed by atoms with E-state index in [1.165, 1.54) is 32.2 Å². The number of rotatable bonds is 6. The number of anilines is 2. The highest BCUT2D eigenvalue weighted by atomic mass is 16.5. The SMILES string of the molecule is COc1cc2nc(NC3CCN(CC4CCCC4)C3)nc(N)c2cc1OC. The Morgan fingerprint density at radius 3 is 2.59 bits per heavy atom. The third-order valence-electron chi connectivity index (χ3n) is 5.83. The van der Waals surface area contributed by atoms with Gasteiger partial charge in [0.05, 0.1) is 19.7 Å². The first kappa shape index (κ1) is 18.1. The smallest absolute Gasteiger partial charge is 0.225 e. The van der Waals surface area contributed by atoms with Crippen molar-refractivity contribution in [3.63, 3.8) is 0 Å². The fourth-order valence-corrected chi connectivity index (χ4v) is 4.40. The summed E-state index contributed by atoms with van der Waals surface area (Å²) in [6, 6.07) is 4.04. The number of benzene rings is 1. The second-order valence-corrected chi connectivity index (χ2v) is 7.70. The zero-order chi connectivity index (χ0) is 18.8. The number of methoxy groups -OCH3 is 2. The quantitative estimate of drug-likeness (QED) is 0.807. The molecule has 0 radical (unpaired) electrons. The highest BCUT2D eigenvalue weighted by Gasteiger charge is 2.26. The Morgan fingerprint density at radius 2 is 1.85 bits per heavy atom. The van der Waals surface area contributed by atoms with Crippen LogP contribution in [0.1, 0.15) is 32.1 Å². The van der Waals surface area contributed by atoms with Crippen LogP contribution in [0.4, 0.5) is 11.8 Å². The van der Waals surface area contributed by atoms with E-state index in [9.17, 15) is 0 Å². The van der Waals surface area contributed by atoms with E-state index in [0.29, 0.717) is 29.3 Å². The van der Waals surface area contributed by atoms with Crippen molar-refractivity contribution in [1.29, 1.82) is 0 Å². The third-order valence-corrected chi connectivity index (χ3v) is 5.83. The first-order valence-electron chi connectivity index (χ1n) is 9.84.